The quantitative estimate of drug-likeness (QED) is 0.706. The van der Waals surface area contributed by atoms with Crippen molar-refractivity contribution in [2.45, 2.75) is 19.9 Å². The molecule has 1 saturated heterocycles. The van der Waals surface area contributed by atoms with Gasteiger partial charge < -0.3 is 24.7 Å². The molecule has 0 aliphatic carbocycles. The smallest absolute Gasteiger partial charge is 0.246 e. The fourth-order valence-corrected chi connectivity index (χ4v) is 3.28. The molecular weight excluding hydrogens is 356 g/mol. The van der Waals surface area contributed by atoms with Crippen LogP contribution in [-0.2, 0) is 9.53 Å². The normalized spacial score (nSPS) is 15.4. The van der Waals surface area contributed by atoms with Crippen LogP contribution < -0.4 is 15.5 Å². The van der Waals surface area contributed by atoms with E-state index in [1.807, 2.05) is 56.3 Å². The molecule has 0 radical (unpaired) electrons. The second kappa shape index (κ2) is 7.90. The van der Waals surface area contributed by atoms with Crippen molar-refractivity contribution in [3.63, 3.8) is 0 Å². The van der Waals surface area contributed by atoms with E-state index in [0.29, 0.717) is 5.89 Å². The molecule has 2 heterocycles. The summed E-state index contributed by atoms with van der Waals surface area (Å²) in [4.78, 5) is 19.1. The van der Waals surface area contributed by atoms with Crippen LogP contribution in [0.1, 0.15) is 12.8 Å². The molecule has 0 unspecified atom stereocenters. The highest BCUT2D eigenvalue weighted by atomic mass is 16.5. The van der Waals surface area contributed by atoms with Crippen molar-refractivity contribution >= 4 is 34.1 Å². The molecule has 1 amide bonds. The van der Waals surface area contributed by atoms with E-state index in [-0.39, 0.29) is 5.91 Å². The highest BCUT2D eigenvalue weighted by Crippen LogP contribution is 2.21. The topological polar surface area (TPSA) is 79.6 Å². The lowest BCUT2D eigenvalue weighted by Crippen LogP contribution is -2.36. The summed E-state index contributed by atoms with van der Waals surface area (Å²) < 4.78 is 10.9. The third kappa shape index (κ3) is 4.09. The van der Waals surface area contributed by atoms with Gasteiger partial charge in [-0.3, -0.25) is 4.79 Å². The fraction of sp³-hybridized carbons (Fsp3) is 0.333. The van der Waals surface area contributed by atoms with Crippen LogP contribution in [-0.4, -0.2) is 43.2 Å². The second-order valence-corrected chi connectivity index (χ2v) is 6.92. The summed E-state index contributed by atoms with van der Waals surface area (Å²) in [5, 5.41) is 6.17. The van der Waals surface area contributed by atoms with Gasteiger partial charge in [-0.2, -0.15) is 0 Å². The van der Waals surface area contributed by atoms with Crippen LogP contribution in [0.2, 0.25) is 0 Å². The van der Waals surface area contributed by atoms with Gasteiger partial charge in [0.2, 0.25) is 5.91 Å². The van der Waals surface area contributed by atoms with Crippen LogP contribution >= 0.6 is 0 Å². The molecule has 0 saturated carbocycles. The number of fused-ring (bicyclic) bond motifs is 1. The molecule has 7 heteroatoms. The van der Waals surface area contributed by atoms with Crippen molar-refractivity contribution in [2.24, 2.45) is 0 Å². The number of hydrogen-bond acceptors (Lipinski definition) is 6. The molecule has 1 aliphatic heterocycles. The zero-order chi connectivity index (χ0) is 19.5. The second-order valence-electron chi connectivity index (χ2n) is 6.92. The van der Waals surface area contributed by atoms with Gasteiger partial charge >= 0.3 is 0 Å². The van der Waals surface area contributed by atoms with Crippen LogP contribution in [0.15, 0.2) is 46.9 Å². The van der Waals surface area contributed by atoms with Gasteiger partial charge in [0.05, 0.1) is 13.2 Å². The van der Waals surface area contributed by atoms with Gasteiger partial charge in [0.15, 0.2) is 11.5 Å². The van der Waals surface area contributed by atoms with Crippen LogP contribution in [0.4, 0.5) is 17.1 Å². The van der Waals surface area contributed by atoms with Gasteiger partial charge in [0.25, 0.3) is 0 Å². The third-order valence-electron chi connectivity index (χ3n) is 4.78. The monoisotopic (exact) mass is 380 g/mol. The predicted octanol–water partition coefficient (Wildman–Crippen LogP) is 3.41. The van der Waals surface area contributed by atoms with Gasteiger partial charge in [-0.05, 0) is 49.4 Å². The minimum absolute atomic E-state index is 0.101. The van der Waals surface area contributed by atoms with Crippen molar-refractivity contribution in [3.8, 4) is 0 Å². The van der Waals surface area contributed by atoms with Crippen LogP contribution in [0.25, 0.3) is 11.1 Å². The highest BCUT2D eigenvalue weighted by Gasteiger charge is 2.15. The van der Waals surface area contributed by atoms with Crippen LogP contribution in [0, 0.1) is 6.92 Å². The number of benzene rings is 2. The molecule has 7 nitrogen and oxygen atoms in total. The van der Waals surface area contributed by atoms with E-state index < -0.39 is 6.04 Å². The van der Waals surface area contributed by atoms with Gasteiger partial charge in [-0.1, -0.05) is 0 Å². The van der Waals surface area contributed by atoms with Gasteiger partial charge in [-0.25, -0.2) is 4.98 Å². The Hall–Kier alpha value is -3.06. The van der Waals surface area contributed by atoms with Crippen LogP contribution in [0.5, 0.6) is 0 Å². The molecule has 1 atom stereocenters. The highest BCUT2D eigenvalue weighted by molar-refractivity contribution is 5.96. The largest absolute Gasteiger partial charge is 0.441 e. The number of aryl methyl sites for hydroxylation is 1. The minimum Gasteiger partial charge on any atom is -0.441 e. The number of carbonyl (C=O) groups excluding carboxylic acids is 1. The van der Waals surface area contributed by atoms with E-state index >= 15 is 0 Å². The summed E-state index contributed by atoms with van der Waals surface area (Å²) in [5.41, 5.74) is 4.25. The fourth-order valence-electron chi connectivity index (χ4n) is 3.28. The average molecular weight is 380 g/mol. The van der Waals surface area contributed by atoms with Crippen molar-refractivity contribution in [1.82, 2.24) is 4.98 Å². The maximum absolute atomic E-state index is 12.5. The minimum atomic E-state index is -0.399. The summed E-state index contributed by atoms with van der Waals surface area (Å²) >= 11 is 0. The van der Waals surface area contributed by atoms with E-state index in [1.54, 1.807) is 0 Å². The maximum atomic E-state index is 12.5. The summed E-state index contributed by atoms with van der Waals surface area (Å²) in [6.45, 7) is 6.93. The Morgan fingerprint density at radius 1 is 1.11 bits per heavy atom. The number of nitrogens with zero attached hydrogens (tertiary/aromatic N) is 2. The number of amides is 1. The number of rotatable bonds is 5. The molecule has 146 valence electrons. The first-order valence-electron chi connectivity index (χ1n) is 9.46. The number of oxazole rings is 1. The number of anilines is 3. The molecule has 1 fully saturated rings. The molecule has 0 spiro atoms. The van der Waals surface area contributed by atoms with Crippen molar-refractivity contribution in [1.29, 1.82) is 0 Å². The number of morpholine rings is 1. The Morgan fingerprint density at radius 2 is 1.82 bits per heavy atom. The Balaban J connectivity index is 1.36. The van der Waals surface area contributed by atoms with Crippen molar-refractivity contribution in [2.75, 3.05) is 41.8 Å². The lowest BCUT2D eigenvalue weighted by molar-refractivity contribution is -0.116. The summed E-state index contributed by atoms with van der Waals surface area (Å²) in [6.07, 6.45) is 0. The SMILES string of the molecule is Cc1nc2cc(N[C@@H](C)C(=O)Nc3ccc(N4CCOCC4)cc3)ccc2o1. The van der Waals surface area contributed by atoms with Crippen LogP contribution in [0.3, 0.4) is 0 Å². The first-order valence-corrected chi connectivity index (χ1v) is 9.46. The average Bonchev–Trinajstić information content (AvgIpc) is 3.08. The number of nitrogens with one attached hydrogen (secondary N) is 2. The summed E-state index contributed by atoms with van der Waals surface area (Å²) in [5.74, 6) is 0.522. The number of hydrogen-bond donors (Lipinski definition) is 2. The molecule has 2 N–H and O–H groups in total. The van der Waals surface area contributed by atoms with Crippen molar-refractivity contribution in [3.05, 3.63) is 48.4 Å². The lowest BCUT2D eigenvalue weighted by atomic mass is 10.2. The predicted molar refractivity (Wildman–Crippen MR) is 110 cm³/mol. The van der Waals surface area contributed by atoms with Crippen molar-refractivity contribution < 1.29 is 13.9 Å². The van der Waals surface area contributed by atoms with E-state index in [4.69, 9.17) is 9.15 Å². The molecule has 4 rings (SSSR count). The molecule has 1 aromatic heterocycles. The molecule has 3 aromatic rings. The summed E-state index contributed by atoms with van der Waals surface area (Å²) in [7, 11) is 0. The number of ether oxygens (including phenoxy) is 1. The Labute approximate surface area is 163 Å². The Bertz CT molecular complexity index is 961. The third-order valence-corrected chi connectivity index (χ3v) is 4.78. The maximum Gasteiger partial charge on any atom is 0.246 e. The van der Waals surface area contributed by atoms with Gasteiger partial charge in [-0.15, -0.1) is 0 Å². The Morgan fingerprint density at radius 3 is 2.57 bits per heavy atom. The number of carbonyl (C=O) groups is 1. The molecule has 2 aromatic carbocycles. The van der Waals surface area contributed by atoms with E-state index in [1.165, 1.54) is 0 Å². The zero-order valence-electron chi connectivity index (χ0n) is 16.1. The standard InChI is InChI=1S/C21H24N4O3/c1-14(22-17-5-8-20-19(13-17)23-15(2)28-20)21(26)24-16-3-6-18(7-4-16)25-9-11-27-12-10-25/h3-8,13-14,22H,9-12H2,1-2H3,(H,24,26)/t14-/m0/s1. The van der Waals surface area contributed by atoms with Gasteiger partial charge in [0, 0.05) is 37.1 Å². The van der Waals surface area contributed by atoms with E-state index in [9.17, 15) is 4.79 Å². The first-order chi connectivity index (χ1) is 13.6. The lowest BCUT2D eigenvalue weighted by Gasteiger charge is -2.29. The Kier molecular flexibility index (Phi) is 5.16. The summed E-state index contributed by atoms with van der Waals surface area (Å²) in [6, 6.07) is 13.1. The molecule has 28 heavy (non-hydrogen) atoms. The molecule has 0 bridgehead atoms. The van der Waals surface area contributed by atoms with E-state index in [2.05, 4.69) is 20.5 Å². The van der Waals surface area contributed by atoms with E-state index in [0.717, 1.165) is 54.5 Å². The zero-order valence-corrected chi connectivity index (χ0v) is 16.1. The molecular formula is C21H24N4O3. The molecule has 1 aliphatic rings. The first kappa shape index (κ1) is 18.3. The number of aromatic nitrogens is 1. The van der Waals surface area contributed by atoms with Gasteiger partial charge in [0.1, 0.15) is 11.6 Å².